The molecule has 1 atom stereocenters. The molecule has 0 N–H and O–H groups in total. The molecule has 29 heavy (non-hydrogen) atoms. The van der Waals surface area contributed by atoms with E-state index in [-0.39, 0.29) is 12.1 Å². The molecular formula is C20H30N6O2S. The molecule has 1 fully saturated rings. The summed E-state index contributed by atoms with van der Waals surface area (Å²) in [5, 5.41) is 9.86. The van der Waals surface area contributed by atoms with Crippen molar-refractivity contribution in [3.8, 4) is 6.07 Å². The molecule has 158 valence electrons. The third-order valence-corrected chi connectivity index (χ3v) is 5.81. The van der Waals surface area contributed by atoms with E-state index in [2.05, 4.69) is 22.9 Å². The monoisotopic (exact) mass is 418 g/mol. The molecular weight excluding hydrogens is 388 g/mol. The summed E-state index contributed by atoms with van der Waals surface area (Å²) >= 11 is 1.50. The predicted molar refractivity (Wildman–Crippen MR) is 113 cm³/mol. The topological polar surface area (TPSA) is 85.6 Å². The molecule has 1 saturated heterocycles. The minimum Gasteiger partial charge on any atom is -0.444 e. The van der Waals surface area contributed by atoms with Gasteiger partial charge >= 0.3 is 6.09 Å². The number of nitriles is 1. The van der Waals surface area contributed by atoms with Gasteiger partial charge in [-0.05, 0) is 40.5 Å². The van der Waals surface area contributed by atoms with Gasteiger partial charge in [-0.25, -0.2) is 14.8 Å². The van der Waals surface area contributed by atoms with Gasteiger partial charge in [-0.1, -0.05) is 11.8 Å². The molecule has 0 aliphatic carbocycles. The first-order valence-electron chi connectivity index (χ1n) is 9.95. The van der Waals surface area contributed by atoms with Crippen molar-refractivity contribution in [1.82, 2.24) is 19.8 Å². The van der Waals surface area contributed by atoms with E-state index >= 15 is 0 Å². The van der Waals surface area contributed by atoms with Crippen LogP contribution < -0.4 is 4.90 Å². The number of hydrogen-bond donors (Lipinski definition) is 0. The van der Waals surface area contributed by atoms with Gasteiger partial charge in [0, 0.05) is 37.8 Å². The van der Waals surface area contributed by atoms with Gasteiger partial charge in [-0.15, -0.1) is 0 Å². The lowest BCUT2D eigenvalue weighted by molar-refractivity contribution is 0.0220. The van der Waals surface area contributed by atoms with Crippen LogP contribution in [0.3, 0.4) is 0 Å². The SMILES string of the molecule is CSc1nc2c(c(N3CCN(C)[C@@H](CC#N)C3)n1)CCN(C(=O)OC(C)(C)C)C2. The molecule has 0 aromatic carbocycles. The van der Waals surface area contributed by atoms with Gasteiger partial charge in [0.2, 0.25) is 0 Å². The first-order chi connectivity index (χ1) is 13.7. The zero-order valence-electron chi connectivity index (χ0n) is 17.9. The van der Waals surface area contributed by atoms with Gasteiger partial charge in [0.05, 0.1) is 24.7 Å². The molecule has 0 spiro atoms. The lowest BCUT2D eigenvalue weighted by atomic mass is 10.0. The van der Waals surface area contributed by atoms with Crippen LogP contribution in [0.2, 0.25) is 0 Å². The molecule has 1 aromatic heterocycles. The molecule has 3 rings (SSSR count). The molecule has 1 aromatic rings. The molecule has 0 radical (unpaired) electrons. The fourth-order valence-corrected chi connectivity index (χ4v) is 4.07. The number of hydrogen-bond acceptors (Lipinski definition) is 8. The van der Waals surface area contributed by atoms with Crippen LogP contribution >= 0.6 is 11.8 Å². The van der Waals surface area contributed by atoms with Crippen molar-refractivity contribution in [1.29, 1.82) is 5.26 Å². The molecule has 0 bridgehead atoms. The normalized spacial score (nSPS) is 20.2. The highest BCUT2D eigenvalue weighted by Crippen LogP contribution is 2.30. The Bertz CT molecular complexity index is 803. The zero-order valence-corrected chi connectivity index (χ0v) is 18.8. The highest BCUT2D eigenvalue weighted by molar-refractivity contribution is 7.98. The second-order valence-corrected chi connectivity index (χ2v) is 9.33. The Hall–Kier alpha value is -2.05. The summed E-state index contributed by atoms with van der Waals surface area (Å²) < 4.78 is 5.54. The van der Waals surface area contributed by atoms with Crippen molar-refractivity contribution in [3.05, 3.63) is 11.3 Å². The van der Waals surface area contributed by atoms with Gasteiger partial charge in [-0.2, -0.15) is 5.26 Å². The third-order valence-electron chi connectivity index (χ3n) is 5.26. The Balaban J connectivity index is 1.86. The zero-order chi connectivity index (χ0) is 21.2. The van der Waals surface area contributed by atoms with E-state index in [1.165, 1.54) is 11.8 Å². The Morgan fingerprint density at radius 1 is 1.31 bits per heavy atom. The third kappa shape index (κ3) is 5.11. The van der Waals surface area contributed by atoms with Gasteiger partial charge < -0.3 is 14.5 Å². The van der Waals surface area contributed by atoms with Crippen molar-refractivity contribution < 1.29 is 9.53 Å². The standard InChI is InChI=1S/C20H30N6O2S/c1-20(2,3)28-19(27)26-9-7-15-16(13-26)22-18(29-5)23-17(15)25-11-10-24(4)14(12-25)6-8-21/h14H,6-7,9-13H2,1-5H3/t14-/m0/s1. The Kier molecular flexibility index (Phi) is 6.54. The van der Waals surface area contributed by atoms with Crippen LogP contribution in [-0.4, -0.2) is 77.0 Å². The van der Waals surface area contributed by atoms with E-state index in [1.54, 1.807) is 4.90 Å². The maximum absolute atomic E-state index is 12.5. The molecule has 1 amide bonds. The largest absolute Gasteiger partial charge is 0.444 e. The first kappa shape index (κ1) is 21.7. The average Bonchev–Trinajstić information content (AvgIpc) is 2.67. The second kappa shape index (κ2) is 8.76. The van der Waals surface area contributed by atoms with Crippen LogP contribution in [0.15, 0.2) is 5.16 Å². The number of carbonyl (C=O) groups is 1. The lowest BCUT2D eigenvalue weighted by Gasteiger charge is -2.40. The van der Waals surface area contributed by atoms with Gasteiger partial charge in [0.25, 0.3) is 0 Å². The highest BCUT2D eigenvalue weighted by atomic mass is 32.2. The fourth-order valence-electron chi connectivity index (χ4n) is 3.69. The number of ether oxygens (including phenoxy) is 1. The van der Waals surface area contributed by atoms with Crippen LogP contribution in [0.1, 0.15) is 38.4 Å². The number of carbonyl (C=O) groups excluding carboxylic acids is 1. The maximum Gasteiger partial charge on any atom is 0.410 e. The predicted octanol–water partition coefficient (Wildman–Crippen LogP) is 2.53. The Morgan fingerprint density at radius 2 is 2.07 bits per heavy atom. The molecule has 8 nitrogen and oxygen atoms in total. The molecule has 0 saturated carbocycles. The smallest absolute Gasteiger partial charge is 0.410 e. The van der Waals surface area contributed by atoms with Crippen LogP contribution in [0.4, 0.5) is 10.6 Å². The van der Waals surface area contributed by atoms with E-state index in [0.29, 0.717) is 31.1 Å². The Labute approximate surface area is 177 Å². The van der Waals surface area contributed by atoms with Crippen molar-refractivity contribution in [2.45, 2.75) is 57.0 Å². The van der Waals surface area contributed by atoms with Crippen molar-refractivity contribution in [2.24, 2.45) is 0 Å². The number of rotatable bonds is 3. The molecule has 3 heterocycles. The van der Waals surface area contributed by atoms with E-state index in [9.17, 15) is 4.79 Å². The molecule has 2 aliphatic rings. The number of aromatic nitrogens is 2. The van der Waals surface area contributed by atoms with Crippen LogP contribution in [0, 0.1) is 11.3 Å². The number of thioether (sulfide) groups is 1. The lowest BCUT2D eigenvalue weighted by Crippen LogP contribution is -2.52. The number of anilines is 1. The minimum absolute atomic E-state index is 0.193. The highest BCUT2D eigenvalue weighted by Gasteiger charge is 2.32. The van der Waals surface area contributed by atoms with E-state index in [1.807, 2.05) is 27.0 Å². The second-order valence-electron chi connectivity index (χ2n) is 8.55. The van der Waals surface area contributed by atoms with Crippen molar-refractivity contribution >= 4 is 23.7 Å². The number of piperazine rings is 1. The first-order valence-corrected chi connectivity index (χ1v) is 11.2. The number of amides is 1. The molecule has 9 heteroatoms. The van der Waals surface area contributed by atoms with Crippen LogP contribution in [0.25, 0.3) is 0 Å². The molecule has 2 aliphatic heterocycles. The van der Waals surface area contributed by atoms with E-state index in [0.717, 1.165) is 36.7 Å². The summed E-state index contributed by atoms with van der Waals surface area (Å²) in [6.45, 7) is 9.18. The van der Waals surface area contributed by atoms with Gasteiger partial charge in [0.15, 0.2) is 5.16 Å². The van der Waals surface area contributed by atoms with E-state index < -0.39 is 5.60 Å². The van der Waals surface area contributed by atoms with Gasteiger partial charge in [0.1, 0.15) is 11.4 Å². The fraction of sp³-hybridized carbons (Fsp3) is 0.700. The van der Waals surface area contributed by atoms with Crippen LogP contribution in [0.5, 0.6) is 0 Å². The average molecular weight is 419 g/mol. The summed E-state index contributed by atoms with van der Waals surface area (Å²) in [4.78, 5) is 28.3. The molecule has 0 unspecified atom stereocenters. The van der Waals surface area contributed by atoms with Crippen molar-refractivity contribution in [2.75, 3.05) is 44.4 Å². The summed E-state index contributed by atoms with van der Waals surface area (Å²) in [5.41, 5.74) is 1.49. The summed E-state index contributed by atoms with van der Waals surface area (Å²) in [7, 11) is 2.07. The number of fused-ring (bicyclic) bond motifs is 1. The summed E-state index contributed by atoms with van der Waals surface area (Å²) in [5.74, 6) is 0.958. The van der Waals surface area contributed by atoms with E-state index in [4.69, 9.17) is 20.0 Å². The Morgan fingerprint density at radius 3 is 2.72 bits per heavy atom. The quantitative estimate of drug-likeness (QED) is 0.547. The summed E-state index contributed by atoms with van der Waals surface area (Å²) in [6.07, 6.45) is 2.86. The van der Waals surface area contributed by atoms with Crippen LogP contribution in [-0.2, 0) is 17.7 Å². The van der Waals surface area contributed by atoms with Crippen molar-refractivity contribution in [3.63, 3.8) is 0 Å². The number of likely N-dealkylation sites (N-methyl/N-ethyl adjacent to an activating group) is 1. The number of nitrogens with zero attached hydrogens (tertiary/aromatic N) is 6. The minimum atomic E-state index is -0.520. The summed E-state index contributed by atoms with van der Waals surface area (Å²) in [6, 6.07) is 2.49. The maximum atomic E-state index is 12.5. The van der Waals surface area contributed by atoms with Gasteiger partial charge in [-0.3, -0.25) is 4.90 Å².